The van der Waals surface area contributed by atoms with Gasteiger partial charge in [0.15, 0.2) is 24.3 Å². The number of fused-ring (bicyclic) bond motifs is 1. The molecule has 2 N–H and O–H groups in total. The van der Waals surface area contributed by atoms with Crippen molar-refractivity contribution in [3.8, 4) is 0 Å². The van der Waals surface area contributed by atoms with Crippen molar-refractivity contribution in [2.75, 3.05) is 12.1 Å². The number of carbonyl (C=O) groups excluding carboxylic acids is 3. The van der Waals surface area contributed by atoms with Crippen molar-refractivity contribution in [3.63, 3.8) is 0 Å². The van der Waals surface area contributed by atoms with Gasteiger partial charge in [-0.1, -0.05) is 0 Å². The Bertz CT molecular complexity index is 968. The van der Waals surface area contributed by atoms with Crippen LogP contribution in [0.1, 0.15) is 26.0 Å². The van der Waals surface area contributed by atoms with Crippen LogP contribution in [0.5, 0.6) is 0 Å². The smallest absolute Gasteiger partial charge is 0.351 e. The molecule has 2 fully saturated rings. The van der Waals surface area contributed by atoms with E-state index in [9.17, 15) is 19.2 Å². The zero-order valence-corrected chi connectivity index (χ0v) is 15.8. The molecule has 160 valence electrons. The van der Waals surface area contributed by atoms with E-state index in [1.807, 2.05) is 0 Å². The van der Waals surface area contributed by atoms with Gasteiger partial charge in [-0.3, -0.25) is 20.0 Å². The summed E-state index contributed by atoms with van der Waals surface area (Å²) < 4.78 is 22.8. The first-order valence-electron chi connectivity index (χ1n) is 9.22. The first kappa shape index (κ1) is 20.0. The average molecular weight is 421 g/mol. The van der Waals surface area contributed by atoms with Crippen molar-refractivity contribution in [1.82, 2.24) is 9.55 Å². The van der Waals surface area contributed by atoms with Crippen LogP contribution in [0.25, 0.3) is 0 Å². The number of esters is 3. The van der Waals surface area contributed by atoms with Crippen molar-refractivity contribution < 1.29 is 38.5 Å². The minimum absolute atomic E-state index is 0.0991. The van der Waals surface area contributed by atoms with Crippen molar-refractivity contribution in [2.45, 2.75) is 44.3 Å². The fourth-order valence-electron chi connectivity index (χ4n) is 3.21. The van der Waals surface area contributed by atoms with E-state index in [4.69, 9.17) is 24.2 Å². The molecule has 1 aromatic rings. The zero-order chi connectivity index (χ0) is 21.5. The Morgan fingerprint density at radius 2 is 1.93 bits per heavy atom. The number of nitrogens with one attached hydrogen (secondary N) is 1. The van der Waals surface area contributed by atoms with Crippen LogP contribution < -0.4 is 11.2 Å². The molecule has 1 saturated heterocycles. The molecule has 0 amide bonds. The van der Waals surface area contributed by atoms with Crippen LogP contribution in [-0.2, 0) is 33.3 Å². The Hall–Kier alpha value is -3.25. The number of carbonyl (C=O) groups is 3. The van der Waals surface area contributed by atoms with Crippen LogP contribution in [0.3, 0.4) is 0 Å². The molecule has 0 spiro atoms. The summed E-state index contributed by atoms with van der Waals surface area (Å²) in [6, 6.07) is 1.29. The van der Waals surface area contributed by atoms with Gasteiger partial charge in [-0.25, -0.2) is 14.4 Å². The fourth-order valence-corrected chi connectivity index (χ4v) is 3.21. The number of nitrogens with zero attached hydrogens (tertiary/aromatic N) is 2. The summed E-state index contributed by atoms with van der Waals surface area (Å²) in [6.45, 7) is 1.51. The predicted molar refractivity (Wildman–Crippen MR) is 95.0 cm³/mol. The van der Waals surface area contributed by atoms with Crippen LogP contribution in [0.15, 0.2) is 29.2 Å². The Balaban J connectivity index is 1.62. The molecular formula is C18H19N3O9. The molecule has 1 saturated carbocycles. The highest BCUT2D eigenvalue weighted by atomic mass is 16.7. The minimum Gasteiger partial charge on any atom is -0.462 e. The average Bonchev–Trinajstić information content (AvgIpc) is 3.39. The lowest BCUT2D eigenvalue weighted by Crippen LogP contribution is -2.43. The van der Waals surface area contributed by atoms with Gasteiger partial charge in [0.05, 0.1) is 5.41 Å². The largest absolute Gasteiger partial charge is 0.462 e. The van der Waals surface area contributed by atoms with E-state index in [1.165, 1.54) is 12.3 Å². The summed E-state index contributed by atoms with van der Waals surface area (Å²) in [7, 11) is 0. The quantitative estimate of drug-likeness (QED) is 0.365. The lowest BCUT2D eigenvalue weighted by molar-refractivity contribution is -0.165. The van der Waals surface area contributed by atoms with E-state index in [0.717, 1.165) is 29.6 Å². The second-order valence-corrected chi connectivity index (χ2v) is 7.47. The summed E-state index contributed by atoms with van der Waals surface area (Å²) >= 11 is 0. The van der Waals surface area contributed by atoms with E-state index in [-0.39, 0.29) is 12.4 Å². The van der Waals surface area contributed by atoms with Crippen molar-refractivity contribution in [2.24, 2.45) is 5.41 Å². The molecule has 0 bridgehead atoms. The van der Waals surface area contributed by atoms with E-state index in [1.54, 1.807) is 12.4 Å². The van der Waals surface area contributed by atoms with Gasteiger partial charge in [-0.2, -0.15) is 4.98 Å². The fraction of sp³-hybridized carbons (Fsp3) is 0.500. The molecule has 1 unspecified atom stereocenters. The molecule has 12 heteroatoms. The number of anilines is 1. The summed E-state index contributed by atoms with van der Waals surface area (Å²) in [5, 5.41) is 8.90. The maximum atomic E-state index is 12.3. The second-order valence-electron chi connectivity index (χ2n) is 7.47. The summed E-state index contributed by atoms with van der Waals surface area (Å²) in [4.78, 5) is 52.1. The van der Waals surface area contributed by atoms with Gasteiger partial charge in [0.1, 0.15) is 12.7 Å². The van der Waals surface area contributed by atoms with Gasteiger partial charge in [-0.15, -0.1) is 0 Å². The van der Waals surface area contributed by atoms with Crippen LogP contribution in [-0.4, -0.2) is 57.6 Å². The normalized spacial score (nSPS) is 30.2. The first-order chi connectivity index (χ1) is 14.3. The Morgan fingerprint density at radius 3 is 2.53 bits per heavy atom. The molecular weight excluding hydrogens is 402 g/mol. The van der Waals surface area contributed by atoms with Crippen LogP contribution in [0.4, 0.5) is 5.82 Å². The third-order valence-electron chi connectivity index (χ3n) is 5.24. The number of hydrogen-bond donors (Lipinski definition) is 2. The Kier molecular flexibility index (Phi) is 5.03. The van der Waals surface area contributed by atoms with Gasteiger partial charge in [-0.05, 0) is 25.8 Å². The highest BCUT2D eigenvalue weighted by Crippen LogP contribution is 2.46. The lowest BCUT2D eigenvalue weighted by Gasteiger charge is -2.25. The monoisotopic (exact) mass is 421 g/mol. The first-order valence-corrected chi connectivity index (χ1v) is 9.22. The Morgan fingerprint density at radius 1 is 1.27 bits per heavy atom. The second kappa shape index (κ2) is 7.54. The van der Waals surface area contributed by atoms with E-state index in [2.05, 4.69) is 4.98 Å². The molecule has 4 atom stereocenters. The molecule has 2 aliphatic heterocycles. The highest BCUT2D eigenvalue weighted by Gasteiger charge is 2.53. The maximum Gasteiger partial charge on any atom is 0.351 e. The molecule has 1 aliphatic carbocycles. The highest BCUT2D eigenvalue weighted by molar-refractivity contribution is 5.92. The van der Waals surface area contributed by atoms with Crippen LogP contribution >= 0.6 is 0 Å². The third-order valence-corrected chi connectivity index (χ3v) is 5.24. The van der Waals surface area contributed by atoms with Gasteiger partial charge in [0.25, 0.3) is 0 Å². The number of rotatable bonds is 5. The SMILES string of the molecule is CC1(C(=O)OC[C@H]2O[C@@H](n3ccc(NO)nc3=O)[C@H]3OC(=O)/C=C\C(=O)OC23)CC1. The van der Waals surface area contributed by atoms with Gasteiger partial charge in [0.2, 0.25) is 0 Å². The molecule has 0 radical (unpaired) electrons. The number of ether oxygens (including phenoxy) is 4. The topological polar surface area (TPSA) is 155 Å². The molecule has 3 aliphatic rings. The van der Waals surface area contributed by atoms with E-state index < -0.39 is 53.6 Å². The number of aromatic nitrogens is 2. The van der Waals surface area contributed by atoms with Gasteiger partial charge in [0, 0.05) is 18.3 Å². The van der Waals surface area contributed by atoms with E-state index in [0.29, 0.717) is 0 Å². The molecule has 4 rings (SSSR count). The molecule has 1 aromatic heterocycles. The van der Waals surface area contributed by atoms with Crippen molar-refractivity contribution in [1.29, 1.82) is 0 Å². The van der Waals surface area contributed by atoms with Crippen molar-refractivity contribution >= 4 is 23.7 Å². The minimum atomic E-state index is -1.20. The summed E-state index contributed by atoms with van der Waals surface area (Å²) in [5.41, 5.74) is 0.400. The van der Waals surface area contributed by atoms with E-state index >= 15 is 0 Å². The molecule has 30 heavy (non-hydrogen) atoms. The van der Waals surface area contributed by atoms with Crippen LogP contribution in [0, 0.1) is 5.41 Å². The third kappa shape index (κ3) is 3.78. The molecule has 12 nitrogen and oxygen atoms in total. The van der Waals surface area contributed by atoms with Crippen molar-refractivity contribution in [3.05, 3.63) is 34.9 Å². The maximum absolute atomic E-state index is 12.3. The molecule has 3 heterocycles. The molecule has 0 aromatic carbocycles. The lowest BCUT2D eigenvalue weighted by atomic mass is 10.1. The number of hydrogen-bond acceptors (Lipinski definition) is 11. The van der Waals surface area contributed by atoms with Gasteiger partial charge >= 0.3 is 23.6 Å². The van der Waals surface area contributed by atoms with Gasteiger partial charge < -0.3 is 18.9 Å². The summed E-state index contributed by atoms with van der Waals surface area (Å²) in [6.07, 6.45) is -0.00167. The van der Waals surface area contributed by atoms with Crippen LogP contribution in [0.2, 0.25) is 0 Å². The Labute approximate surface area is 169 Å². The summed E-state index contributed by atoms with van der Waals surface area (Å²) in [5.74, 6) is -2.13. The predicted octanol–water partition coefficient (Wildman–Crippen LogP) is -0.321. The standard InChI is InChI=1S/C18H19N3O9/c1-18(5-6-18)16(24)27-8-9-13-14(30-12(23)3-2-11(22)29-13)15(28-9)21-7-4-10(20-26)19-17(21)25/h2-4,7,9,13-15,26H,5-6,8H2,1H3,(H,19,20,25)/b3-2-/t9-,13?,14+,15-/m1/s1. The zero-order valence-electron chi connectivity index (χ0n) is 15.8.